The molecule has 0 spiro atoms. The maximum Gasteiger partial charge on any atom is 0.435 e. The smallest absolute Gasteiger partial charge is 0.381 e. The van der Waals surface area contributed by atoms with Gasteiger partial charge in [0.2, 0.25) is 0 Å². The summed E-state index contributed by atoms with van der Waals surface area (Å²) in [6, 6.07) is 11.2. The van der Waals surface area contributed by atoms with Gasteiger partial charge in [0.1, 0.15) is 0 Å². The summed E-state index contributed by atoms with van der Waals surface area (Å²) in [5.41, 5.74) is 0.879. The van der Waals surface area contributed by atoms with Crippen LogP contribution in [0, 0.1) is 5.92 Å². The molecule has 2 saturated heterocycles. The average Bonchev–Trinajstić information content (AvgIpc) is 3.35. The minimum atomic E-state index is -4.42. The van der Waals surface area contributed by atoms with Crippen LogP contribution in [0.4, 0.5) is 13.2 Å². The summed E-state index contributed by atoms with van der Waals surface area (Å²) in [6.07, 6.45) is -3.37. The number of rotatable bonds is 4. The van der Waals surface area contributed by atoms with Gasteiger partial charge in [-0.1, -0.05) is 30.3 Å². The van der Waals surface area contributed by atoms with Gasteiger partial charge in [0.25, 0.3) is 0 Å². The molecular formula is C19H22F3N3O. The number of halogens is 3. The normalized spacial score (nSPS) is 27.3. The van der Waals surface area contributed by atoms with E-state index in [1.54, 1.807) is 0 Å². The van der Waals surface area contributed by atoms with E-state index in [-0.39, 0.29) is 11.8 Å². The van der Waals surface area contributed by atoms with Crippen LogP contribution >= 0.6 is 0 Å². The third kappa shape index (κ3) is 3.64. The Kier molecular flexibility index (Phi) is 4.75. The molecule has 0 aliphatic carbocycles. The molecule has 0 saturated carbocycles. The van der Waals surface area contributed by atoms with Crippen LogP contribution in [0.3, 0.4) is 0 Å². The molecule has 1 aromatic heterocycles. The second-order valence-corrected chi connectivity index (χ2v) is 7.28. The Morgan fingerprint density at radius 2 is 1.92 bits per heavy atom. The van der Waals surface area contributed by atoms with Gasteiger partial charge in [0.15, 0.2) is 5.69 Å². The van der Waals surface area contributed by atoms with Crippen molar-refractivity contribution < 1.29 is 17.9 Å². The van der Waals surface area contributed by atoms with E-state index in [0.717, 1.165) is 44.8 Å². The van der Waals surface area contributed by atoms with Crippen LogP contribution in [0.2, 0.25) is 0 Å². The van der Waals surface area contributed by atoms with Crippen LogP contribution in [0.5, 0.6) is 0 Å². The highest BCUT2D eigenvalue weighted by atomic mass is 19.4. The minimum absolute atomic E-state index is 0.0247. The molecule has 1 N–H and O–H groups in total. The predicted molar refractivity (Wildman–Crippen MR) is 90.9 cm³/mol. The van der Waals surface area contributed by atoms with Gasteiger partial charge in [0, 0.05) is 43.8 Å². The first-order chi connectivity index (χ1) is 12.5. The third-order valence-electron chi connectivity index (χ3n) is 5.45. The average molecular weight is 365 g/mol. The number of likely N-dealkylation sites (tertiary alicyclic amines) is 1. The van der Waals surface area contributed by atoms with Crippen molar-refractivity contribution in [1.82, 2.24) is 15.1 Å². The molecule has 3 atom stereocenters. The Bertz CT molecular complexity index is 725. The van der Waals surface area contributed by atoms with Gasteiger partial charge in [-0.05, 0) is 24.0 Å². The minimum Gasteiger partial charge on any atom is -0.381 e. The molecule has 7 heteroatoms. The van der Waals surface area contributed by atoms with Crippen molar-refractivity contribution in [3.63, 3.8) is 0 Å². The first-order valence-electron chi connectivity index (χ1n) is 8.98. The summed E-state index contributed by atoms with van der Waals surface area (Å²) in [5.74, 6) is 0.640. The Balaban J connectivity index is 1.57. The van der Waals surface area contributed by atoms with Crippen molar-refractivity contribution in [3.8, 4) is 0 Å². The number of nitrogens with one attached hydrogen (secondary N) is 1. The number of aromatic nitrogens is 2. The largest absolute Gasteiger partial charge is 0.435 e. The van der Waals surface area contributed by atoms with Gasteiger partial charge in [-0.3, -0.25) is 5.10 Å². The summed E-state index contributed by atoms with van der Waals surface area (Å²) in [4.78, 5) is 2.36. The Hall–Kier alpha value is -1.86. The molecule has 1 aromatic carbocycles. The van der Waals surface area contributed by atoms with Crippen molar-refractivity contribution in [2.24, 2.45) is 5.92 Å². The Morgan fingerprint density at radius 1 is 1.15 bits per heavy atom. The number of benzene rings is 1. The van der Waals surface area contributed by atoms with E-state index >= 15 is 0 Å². The third-order valence-corrected chi connectivity index (χ3v) is 5.45. The molecule has 1 unspecified atom stereocenters. The standard InChI is InChI=1S/C19H22F3N3O/c20-19(21,22)18-8-17(23-24-18)16-11-25(9-13-6-7-26-12-13)10-15(16)14-4-2-1-3-5-14/h1-5,8,13,15-16H,6-7,9-12H2,(H,23,24)/t13?,15-,16+/m0/s1. The fourth-order valence-electron chi connectivity index (χ4n) is 4.15. The Morgan fingerprint density at radius 3 is 2.58 bits per heavy atom. The van der Waals surface area contributed by atoms with Crippen molar-refractivity contribution in [3.05, 3.63) is 53.3 Å². The summed E-state index contributed by atoms with van der Waals surface area (Å²) >= 11 is 0. The maximum atomic E-state index is 12.9. The molecule has 4 nitrogen and oxygen atoms in total. The van der Waals surface area contributed by atoms with Gasteiger partial charge >= 0.3 is 6.18 Å². The molecule has 2 aliphatic rings. The molecule has 0 amide bonds. The molecule has 4 rings (SSSR count). The number of hydrogen-bond donors (Lipinski definition) is 1. The quantitative estimate of drug-likeness (QED) is 0.899. The summed E-state index contributed by atoms with van der Waals surface area (Å²) in [6.45, 7) is 4.08. The zero-order chi connectivity index (χ0) is 18.1. The fourth-order valence-corrected chi connectivity index (χ4v) is 4.15. The van der Waals surface area contributed by atoms with E-state index in [1.807, 2.05) is 18.2 Å². The maximum absolute atomic E-state index is 12.9. The highest BCUT2D eigenvalue weighted by molar-refractivity contribution is 5.29. The SMILES string of the molecule is FC(F)(F)c1cc([C@@H]2CN(CC3CCOC3)C[C@H]2c2ccccc2)[nH]n1. The van der Waals surface area contributed by atoms with Gasteiger partial charge in [-0.25, -0.2) is 0 Å². The van der Waals surface area contributed by atoms with Crippen LogP contribution in [-0.2, 0) is 10.9 Å². The number of ether oxygens (including phenoxy) is 1. The molecule has 0 radical (unpaired) electrons. The molecule has 0 bridgehead atoms. The first-order valence-corrected chi connectivity index (χ1v) is 8.98. The summed E-state index contributed by atoms with van der Waals surface area (Å²) < 4.78 is 44.3. The number of aromatic amines is 1. The van der Waals surface area contributed by atoms with E-state index in [2.05, 4.69) is 27.2 Å². The number of nitrogens with zero attached hydrogens (tertiary/aromatic N) is 2. The van der Waals surface area contributed by atoms with Crippen molar-refractivity contribution in [2.75, 3.05) is 32.8 Å². The molecule has 2 aromatic rings. The number of alkyl halides is 3. The Labute approximate surface area is 150 Å². The van der Waals surface area contributed by atoms with E-state index < -0.39 is 11.9 Å². The van der Waals surface area contributed by atoms with E-state index in [9.17, 15) is 13.2 Å². The van der Waals surface area contributed by atoms with E-state index in [0.29, 0.717) is 11.6 Å². The fraction of sp³-hybridized carbons (Fsp3) is 0.526. The lowest BCUT2D eigenvalue weighted by Crippen LogP contribution is -2.28. The monoisotopic (exact) mass is 365 g/mol. The lowest BCUT2D eigenvalue weighted by Gasteiger charge is -2.19. The second-order valence-electron chi connectivity index (χ2n) is 7.28. The van der Waals surface area contributed by atoms with Crippen LogP contribution in [0.1, 0.15) is 35.2 Å². The van der Waals surface area contributed by atoms with Gasteiger partial charge in [-0.15, -0.1) is 0 Å². The molecule has 26 heavy (non-hydrogen) atoms. The first kappa shape index (κ1) is 17.5. The lowest BCUT2D eigenvalue weighted by molar-refractivity contribution is -0.141. The lowest BCUT2D eigenvalue weighted by atomic mass is 9.87. The van der Waals surface area contributed by atoms with Gasteiger partial charge in [-0.2, -0.15) is 18.3 Å². The summed E-state index contributed by atoms with van der Waals surface area (Å²) in [5, 5.41) is 6.15. The molecular weight excluding hydrogens is 343 g/mol. The number of hydrogen-bond acceptors (Lipinski definition) is 3. The van der Waals surface area contributed by atoms with E-state index in [4.69, 9.17) is 4.74 Å². The number of H-pyrrole nitrogens is 1. The molecule has 2 fully saturated rings. The summed E-state index contributed by atoms with van der Waals surface area (Å²) in [7, 11) is 0. The van der Waals surface area contributed by atoms with Crippen LogP contribution in [-0.4, -0.2) is 47.9 Å². The van der Waals surface area contributed by atoms with Gasteiger partial charge < -0.3 is 9.64 Å². The predicted octanol–water partition coefficient (Wildman–Crippen LogP) is 3.65. The topological polar surface area (TPSA) is 41.1 Å². The van der Waals surface area contributed by atoms with Crippen molar-refractivity contribution in [2.45, 2.75) is 24.4 Å². The van der Waals surface area contributed by atoms with Crippen LogP contribution in [0.25, 0.3) is 0 Å². The molecule has 140 valence electrons. The van der Waals surface area contributed by atoms with Crippen LogP contribution in [0.15, 0.2) is 36.4 Å². The zero-order valence-electron chi connectivity index (χ0n) is 14.4. The molecule has 3 heterocycles. The zero-order valence-corrected chi connectivity index (χ0v) is 14.4. The highest BCUT2D eigenvalue weighted by Crippen LogP contribution is 2.40. The molecule has 2 aliphatic heterocycles. The van der Waals surface area contributed by atoms with E-state index in [1.165, 1.54) is 6.07 Å². The highest BCUT2D eigenvalue weighted by Gasteiger charge is 2.39. The van der Waals surface area contributed by atoms with Crippen molar-refractivity contribution >= 4 is 0 Å². The van der Waals surface area contributed by atoms with Gasteiger partial charge in [0.05, 0.1) is 6.61 Å². The van der Waals surface area contributed by atoms with Crippen LogP contribution < -0.4 is 0 Å². The second kappa shape index (κ2) is 7.04. The van der Waals surface area contributed by atoms with Crippen molar-refractivity contribution in [1.29, 1.82) is 0 Å².